The highest BCUT2D eigenvalue weighted by Crippen LogP contribution is 2.28. The Bertz CT molecular complexity index is 863. The Kier molecular flexibility index (Phi) is 5.40. The molecule has 1 N–H and O–H groups in total. The van der Waals surface area contributed by atoms with E-state index in [4.69, 9.17) is 11.6 Å². The number of nitrogens with one attached hydrogen (secondary N) is 1. The number of halogens is 1. The van der Waals surface area contributed by atoms with Gasteiger partial charge in [0.25, 0.3) is 5.91 Å². The minimum absolute atomic E-state index is 0.254. The first kappa shape index (κ1) is 17.1. The van der Waals surface area contributed by atoms with Crippen molar-refractivity contribution in [2.45, 2.75) is 19.8 Å². The largest absolute Gasteiger partial charge is 0.351 e. The molecule has 1 amide bonds. The van der Waals surface area contributed by atoms with E-state index in [9.17, 15) is 4.79 Å². The molecular formula is C18H18ClN5O. The van der Waals surface area contributed by atoms with E-state index >= 15 is 0 Å². The molecule has 0 saturated carbocycles. The number of nitrogens with zero attached hydrogens (tertiary/aromatic N) is 4. The summed E-state index contributed by atoms with van der Waals surface area (Å²) in [6, 6.07) is 11.0. The van der Waals surface area contributed by atoms with E-state index in [1.54, 1.807) is 29.2 Å². The number of benzene rings is 1. The monoisotopic (exact) mass is 355 g/mol. The topological polar surface area (TPSA) is 72.7 Å². The molecule has 0 atom stereocenters. The number of hydrogen-bond donors (Lipinski definition) is 1. The van der Waals surface area contributed by atoms with E-state index < -0.39 is 0 Å². The van der Waals surface area contributed by atoms with Gasteiger partial charge in [0.2, 0.25) is 0 Å². The maximum Gasteiger partial charge on any atom is 0.274 e. The molecule has 25 heavy (non-hydrogen) atoms. The predicted molar refractivity (Wildman–Crippen MR) is 96.8 cm³/mol. The summed E-state index contributed by atoms with van der Waals surface area (Å²) in [4.78, 5) is 16.7. The molecule has 2 heterocycles. The van der Waals surface area contributed by atoms with Crippen LogP contribution in [0.4, 0.5) is 0 Å². The van der Waals surface area contributed by atoms with Crippen molar-refractivity contribution in [2.75, 3.05) is 6.54 Å². The van der Waals surface area contributed by atoms with Gasteiger partial charge in [-0.3, -0.25) is 9.78 Å². The van der Waals surface area contributed by atoms with E-state index in [-0.39, 0.29) is 11.6 Å². The number of amides is 1. The minimum Gasteiger partial charge on any atom is -0.351 e. The standard InChI is InChI=1S/C18H18ClN5O/c1-2-3-11-21-18(25)16-17(13-7-6-10-20-12-13)24(23-22-16)15-9-5-4-8-14(15)19/h4-10,12H,2-3,11H2,1H3,(H,21,25). The van der Waals surface area contributed by atoms with Crippen LogP contribution in [-0.4, -0.2) is 32.4 Å². The minimum atomic E-state index is -0.259. The highest BCUT2D eigenvalue weighted by molar-refractivity contribution is 6.32. The molecule has 128 valence electrons. The quantitative estimate of drug-likeness (QED) is 0.687. The second-order valence-corrected chi connectivity index (χ2v) is 5.91. The summed E-state index contributed by atoms with van der Waals surface area (Å²) in [5.74, 6) is -0.259. The van der Waals surface area contributed by atoms with Gasteiger partial charge in [0.1, 0.15) is 5.69 Å². The van der Waals surface area contributed by atoms with Crippen LogP contribution in [0.3, 0.4) is 0 Å². The zero-order valence-electron chi connectivity index (χ0n) is 13.8. The average molecular weight is 356 g/mol. The van der Waals surface area contributed by atoms with Crippen LogP contribution < -0.4 is 5.32 Å². The number of rotatable bonds is 6. The van der Waals surface area contributed by atoms with Crippen molar-refractivity contribution in [3.05, 3.63) is 59.5 Å². The van der Waals surface area contributed by atoms with Crippen LogP contribution in [0, 0.1) is 0 Å². The maximum atomic E-state index is 12.6. The van der Waals surface area contributed by atoms with Gasteiger partial charge in [-0.1, -0.05) is 42.3 Å². The van der Waals surface area contributed by atoms with Crippen molar-refractivity contribution in [3.63, 3.8) is 0 Å². The van der Waals surface area contributed by atoms with Crippen molar-refractivity contribution in [1.82, 2.24) is 25.3 Å². The van der Waals surface area contributed by atoms with Crippen molar-refractivity contribution in [3.8, 4) is 16.9 Å². The van der Waals surface area contributed by atoms with Crippen molar-refractivity contribution >= 4 is 17.5 Å². The van der Waals surface area contributed by atoms with E-state index in [1.165, 1.54) is 0 Å². The fraction of sp³-hybridized carbons (Fsp3) is 0.222. The third-order valence-electron chi connectivity index (χ3n) is 3.72. The van der Waals surface area contributed by atoms with Crippen molar-refractivity contribution < 1.29 is 4.79 Å². The molecule has 2 aromatic heterocycles. The molecule has 0 spiro atoms. The Morgan fingerprint density at radius 2 is 2.08 bits per heavy atom. The van der Waals surface area contributed by atoms with Crippen LogP contribution in [0.5, 0.6) is 0 Å². The Morgan fingerprint density at radius 1 is 1.24 bits per heavy atom. The van der Waals surface area contributed by atoms with Gasteiger partial charge < -0.3 is 5.32 Å². The smallest absolute Gasteiger partial charge is 0.274 e. The molecule has 0 saturated heterocycles. The number of carbonyl (C=O) groups is 1. The fourth-order valence-electron chi connectivity index (χ4n) is 2.45. The van der Waals surface area contributed by atoms with Crippen LogP contribution in [0.2, 0.25) is 5.02 Å². The predicted octanol–water partition coefficient (Wildman–Crippen LogP) is 3.51. The SMILES string of the molecule is CCCCNC(=O)c1nnn(-c2ccccc2Cl)c1-c1cccnc1. The molecule has 7 heteroatoms. The van der Waals surface area contributed by atoms with E-state index in [1.807, 2.05) is 24.3 Å². The first-order chi connectivity index (χ1) is 12.2. The zero-order chi connectivity index (χ0) is 17.6. The second kappa shape index (κ2) is 7.90. The van der Waals surface area contributed by atoms with Gasteiger partial charge in [-0.2, -0.15) is 0 Å². The number of hydrogen-bond acceptors (Lipinski definition) is 4. The third-order valence-corrected chi connectivity index (χ3v) is 4.04. The Balaban J connectivity index is 2.08. The average Bonchev–Trinajstić information content (AvgIpc) is 3.08. The lowest BCUT2D eigenvalue weighted by atomic mass is 10.1. The molecule has 0 aliphatic carbocycles. The highest BCUT2D eigenvalue weighted by atomic mass is 35.5. The maximum absolute atomic E-state index is 12.6. The van der Waals surface area contributed by atoms with Crippen LogP contribution in [-0.2, 0) is 0 Å². The molecule has 0 unspecified atom stereocenters. The first-order valence-corrected chi connectivity index (χ1v) is 8.49. The summed E-state index contributed by atoms with van der Waals surface area (Å²) in [7, 11) is 0. The van der Waals surface area contributed by atoms with Gasteiger partial charge in [0.15, 0.2) is 5.69 Å². The summed E-state index contributed by atoms with van der Waals surface area (Å²) >= 11 is 6.30. The number of aromatic nitrogens is 4. The van der Waals surface area contributed by atoms with E-state index in [0.717, 1.165) is 18.4 Å². The number of para-hydroxylation sites is 1. The lowest BCUT2D eigenvalue weighted by molar-refractivity contribution is 0.0949. The number of unbranched alkanes of at least 4 members (excludes halogenated alkanes) is 1. The molecule has 1 aromatic carbocycles. The zero-order valence-corrected chi connectivity index (χ0v) is 14.6. The summed E-state index contributed by atoms with van der Waals surface area (Å²) in [6.07, 6.45) is 5.26. The van der Waals surface area contributed by atoms with Crippen LogP contribution in [0.25, 0.3) is 16.9 Å². The molecule has 3 rings (SSSR count). The number of carbonyl (C=O) groups excluding carboxylic acids is 1. The van der Waals surface area contributed by atoms with Gasteiger partial charge in [-0.05, 0) is 30.7 Å². The van der Waals surface area contributed by atoms with Gasteiger partial charge in [0.05, 0.1) is 10.7 Å². The molecular weight excluding hydrogens is 338 g/mol. The lowest BCUT2D eigenvalue weighted by Crippen LogP contribution is -2.25. The van der Waals surface area contributed by atoms with E-state index in [0.29, 0.717) is 22.9 Å². The van der Waals surface area contributed by atoms with Crippen molar-refractivity contribution in [2.24, 2.45) is 0 Å². The molecule has 0 bridgehead atoms. The third kappa shape index (κ3) is 3.69. The normalized spacial score (nSPS) is 10.6. The Labute approximate surface area is 150 Å². The highest BCUT2D eigenvalue weighted by Gasteiger charge is 2.22. The lowest BCUT2D eigenvalue weighted by Gasteiger charge is -2.09. The number of pyridine rings is 1. The van der Waals surface area contributed by atoms with Crippen LogP contribution >= 0.6 is 11.6 Å². The first-order valence-electron chi connectivity index (χ1n) is 8.11. The second-order valence-electron chi connectivity index (χ2n) is 5.50. The van der Waals surface area contributed by atoms with Gasteiger partial charge in [-0.15, -0.1) is 5.10 Å². The van der Waals surface area contributed by atoms with Gasteiger partial charge >= 0.3 is 0 Å². The Hall–Kier alpha value is -2.73. The van der Waals surface area contributed by atoms with E-state index in [2.05, 4.69) is 27.5 Å². The molecule has 3 aromatic rings. The van der Waals surface area contributed by atoms with Gasteiger partial charge in [0, 0.05) is 24.5 Å². The summed E-state index contributed by atoms with van der Waals surface area (Å²) in [6.45, 7) is 2.67. The fourth-order valence-corrected chi connectivity index (χ4v) is 2.67. The van der Waals surface area contributed by atoms with Gasteiger partial charge in [-0.25, -0.2) is 4.68 Å². The van der Waals surface area contributed by atoms with Crippen LogP contribution in [0.15, 0.2) is 48.8 Å². The Morgan fingerprint density at radius 3 is 2.80 bits per heavy atom. The molecule has 0 aliphatic heterocycles. The summed E-state index contributed by atoms with van der Waals surface area (Å²) in [5, 5.41) is 11.7. The molecule has 0 fully saturated rings. The summed E-state index contributed by atoms with van der Waals surface area (Å²) in [5.41, 5.74) is 2.22. The molecule has 0 aliphatic rings. The van der Waals surface area contributed by atoms with Crippen LogP contribution in [0.1, 0.15) is 30.3 Å². The summed E-state index contributed by atoms with van der Waals surface area (Å²) < 4.78 is 1.58. The van der Waals surface area contributed by atoms with Crippen molar-refractivity contribution in [1.29, 1.82) is 0 Å². The molecule has 6 nitrogen and oxygen atoms in total. The molecule has 0 radical (unpaired) electrons.